The van der Waals surface area contributed by atoms with Crippen LogP contribution in [-0.2, 0) is 13.0 Å². The molecule has 0 N–H and O–H groups in total. The van der Waals surface area contributed by atoms with Crippen LogP contribution >= 0.6 is 0 Å². The minimum Gasteiger partial charge on any atom is -0.252 e. The van der Waals surface area contributed by atoms with E-state index in [0.717, 1.165) is 13.0 Å². The Hall–Kier alpha value is -6.16. The van der Waals surface area contributed by atoms with E-state index in [0.29, 0.717) is 0 Å². The van der Waals surface area contributed by atoms with Crippen LogP contribution in [0.4, 0.5) is 87.8 Å². The van der Waals surface area contributed by atoms with E-state index in [4.69, 9.17) is 0 Å². The minimum atomic E-state index is -7.22. The molecule has 6 rings (SSSR count). The SMILES string of the molecule is CCCCCCCCCCCCCCCCCCc1cncc[n+]1Cc1ccccc1.Fc1c(F)c(F)c([B-](c2c(F)c(F)c(F)c(F)c2F)(c2c(F)c(F)c(F)c(F)c2F)c2c(F)c(F)c(F)c(F)c2F)c(F)c1F. The van der Waals surface area contributed by atoms with Gasteiger partial charge in [0.2, 0.25) is 0 Å². The molecular weight excluding hydrogens is 1060 g/mol. The Morgan fingerprint density at radius 3 is 0.895 bits per heavy atom. The van der Waals surface area contributed by atoms with Crippen LogP contribution in [0.15, 0.2) is 48.9 Å². The molecule has 0 saturated carbocycles. The first-order valence-electron chi connectivity index (χ1n) is 24.2. The maximum Gasteiger partial charge on any atom is 0.200 e. The van der Waals surface area contributed by atoms with E-state index in [1.165, 1.54) is 114 Å². The Morgan fingerprint density at radius 1 is 0.342 bits per heavy atom. The molecule has 412 valence electrons. The summed E-state index contributed by atoms with van der Waals surface area (Å²) in [6, 6.07) is 10.7. The first kappa shape index (κ1) is 60.7. The van der Waals surface area contributed by atoms with Crippen LogP contribution < -0.4 is 26.4 Å². The summed E-state index contributed by atoms with van der Waals surface area (Å²) in [6.07, 6.45) is 22.7. The quantitative estimate of drug-likeness (QED) is 0.0156. The standard InChI is InChI=1S/C29H47N2.C24BF20/c1-2-3-4-5-6-7-8-9-10-11-12-13-14-15-16-20-23-29-26-30-24-25-31(29)27-28-21-18-17-19-22-28;26-5-1(6(27)14(35)21(42)13(5)34)25(2-7(28)15(36)22(43)16(37)8(2)29,3-9(30)17(38)23(44)18(39)10(3)31)4-11(32)19(40)24(45)20(41)12(4)33/h17-19,21-22,24-26H,2-16,20,23,27H2,1H3;/q+1;-1. The second-order valence-electron chi connectivity index (χ2n) is 18.0. The van der Waals surface area contributed by atoms with Crippen LogP contribution in [0, 0.1) is 116 Å². The summed E-state index contributed by atoms with van der Waals surface area (Å²) in [4.78, 5) is 4.36. The zero-order valence-electron chi connectivity index (χ0n) is 40.4. The molecule has 0 aliphatic carbocycles. The highest BCUT2D eigenvalue weighted by Crippen LogP contribution is 2.31. The van der Waals surface area contributed by atoms with Crippen molar-refractivity contribution < 1.29 is 92.4 Å². The Balaban J connectivity index is 0.000000301. The second-order valence-corrected chi connectivity index (χ2v) is 18.0. The molecule has 6 aromatic rings. The van der Waals surface area contributed by atoms with Gasteiger partial charge in [-0.15, -0.1) is 21.9 Å². The maximum absolute atomic E-state index is 15.4. The number of aromatic nitrogens is 2. The summed E-state index contributed by atoms with van der Waals surface area (Å²) in [5, 5.41) is 0. The summed E-state index contributed by atoms with van der Waals surface area (Å²) >= 11 is 0. The van der Waals surface area contributed by atoms with Crippen molar-refractivity contribution in [2.75, 3.05) is 0 Å². The van der Waals surface area contributed by atoms with Crippen LogP contribution in [0.5, 0.6) is 0 Å². The van der Waals surface area contributed by atoms with Crippen molar-refractivity contribution in [1.29, 1.82) is 0 Å². The average Bonchev–Trinajstić information content (AvgIpc) is 3.41. The normalized spacial score (nSPS) is 11.6. The molecule has 1 heterocycles. The predicted molar refractivity (Wildman–Crippen MR) is 242 cm³/mol. The van der Waals surface area contributed by atoms with Gasteiger partial charge in [-0.3, -0.25) is 4.98 Å². The summed E-state index contributed by atoms with van der Waals surface area (Å²) < 4.78 is 296. The summed E-state index contributed by atoms with van der Waals surface area (Å²) in [5.41, 5.74) is -11.6. The Morgan fingerprint density at radius 2 is 0.605 bits per heavy atom. The number of benzene rings is 5. The minimum absolute atomic E-state index is 0.942. The zero-order chi connectivity index (χ0) is 56.2. The van der Waals surface area contributed by atoms with E-state index in [1.54, 1.807) is 0 Å². The number of unbranched alkanes of at least 4 members (excludes halogenated alkanes) is 15. The van der Waals surface area contributed by atoms with Gasteiger partial charge in [0.1, 0.15) is 52.7 Å². The van der Waals surface area contributed by atoms with Crippen molar-refractivity contribution >= 4 is 28.0 Å². The molecule has 0 atom stereocenters. The van der Waals surface area contributed by atoms with Crippen molar-refractivity contribution in [3.63, 3.8) is 0 Å². The van der Waals surface area contributed by atoms with Crippen molar-refractivity contribution in [2.45, 2.75) is 123 Å². The van der Waals surface area contributed by atoms with Crippen molar-refractivity contribution in [3.05, 3.63) is 177 Å². The topological polar surface area (TPSA) is 16.8 Å². The molecule has 0 bridgehead atoms. The fourth-order valence-electron chi connectivity index (χ4n) is 9.29. The predicted octanol–water partition coefficient (Wildman–Crippen LogP) is 14.1. The third kappa shape index (κ3) is 12.6. The number of hydrogen-bond donors (Lipinski definition) is 0. The highest BCUT2D eigenvalue weighted by molar-refractivity contribution is 7.20. The molecule has 1 aromatic heterocycles. The molecule has 0 aliphatic rings. The lowest BCUT2D eigenvalue weighted by Gasteiger charge is -2.44. The molecule has 0 amide bonds. The first-order chi connectivity index (χ1) is 36.1. The highest BCUT2D eigenvalue weighted by Gasteiger charge is 2.52. The van der Waals surface area contributed by atoms with Gasteiger partial charge in [0.25, 0.3) is 0 Å². The number of rotatable bonds is 23. The molecule has 0 fully saturated rings. The largest absolute Gasteiger partial charge is 0.252 e. The molecular formula is C53H47BF20N2. The van der Waals surface area contributed by atoms with E-state index >= 15 is 35.1 Å². The van der Waals surface area contributed by atoms with Gasteiger partial charge in [-0.05, 0) is 6.42 Å². The zero-order valence-corrected chi connectivity index (χ0v) is 40.4. The van der Waals surface area contributed by atoms with Gasteiger partial charge in [-0.2, -0.15) is 4.57 Å². The van der Waals surface area contributed by atoms with Gasteiger partial charge in [-0.25, -0.2) is 87.8 Å². The van der Waals surface area contributed by atoms with Gasteiger partial charge in [0, 0.05) is 12.0 Å². The molecule has 0 radical (unpaired) electrons. The molecule has 0 unspecified atom stereocenters. The molecule has 23 heteroatoms. The van der Waals surface area contributed by atoms with Gasteiger partial charge >= 0.3 is 0 Å². The van der Waals surface area contributed by atoms with Crippen molar-refractivity contribution in [2.24, 2.45) is 0 Å². The van der Waals surface area contributed by atoms with E-state index < -0.39 is 144 Å². The van der Waals surface area contributed by atoms with Crippen LogP contribution in [0.3, 0.4) is 0 Å². The fraction of sp³-hybridized carbons (Fsp3) is 0.358. The maximum atomic E-state index is 15.4. The molecule has 76 heavy (non-hydrogen) atoms. The van der Waals surface area contributed by atoms with Crippen LogP contribution in [0.2, 0.25) is 0 Å². The monoisotopic (exact) mass is 1100 g/mol. The molecule has 5 aromatic carbocycles. The molecule has 2 nitrogen and oxygen atoms in total. The summed E-state index contributed by atoms with van der Waals surface area (Å²) in [7, 11) is 0. The van der Waals surface area contributed by atoms with Crippen LogP contribution in [0.1, 0.15) is 121 Å². The third-order valence-electron chi connectivity index (χ3n) is 13.1. The Bertz CT molecular complexity index is 2590. The molecule has 0 spiro atoms. The van der Waals surface area contributed by atoms with Crippen LogP contribution in [-0.4, -0.2) is 11.1 Å². The Labute approximate surface area is 423 Å². The van der Waals surface area contributed by atoms with Gasteiger partial charge < -0.3 is 0 Å². The summed E-state index contributed by atoms with van der Waals surface area (Å²) in [6.45, 7) is 3.24. The van der Waals surface area contributed by atoms with E-state index in [1.807, 2.05) is 12.4 Å². The third-order valence-corrected chi connectivity index (χ3v) is 13.1. The number of nitrogens with zero attached hydrogens (tertiary/aromatic N) is 2. The van der Waals surface area contributed by atoms with Crippen LogP contribution in [0.25, 0.3) is 0 Å². The van der Waals surface area contributed by atoms with Crippen molar-refractivity contribution in [3.8, 4) is 0 Å². The van der Waals surface area contributed by atoms with E-state index in [2.05, 4.69) is 53.0 Å². The number of aryl methyl sites for hydroxylation is 1. The number of halogens is 20. The first-order valence-corrected chi connectivity index (χ1v) is 24.2. The number of hydrogen-bond acceptors (Lipinski definition) is 1. The average molecular weight is 1100 g/mol. The fourth-order valence-corrected chi connectivity index (χ4v) is 9.29. The highest BCUT2D eigenvalue weighted by atomic mass is 19.2. The van der Waals surface area contributed by atoms with Gasteiger partial charge in [0.15, 0.2) is 88.2 Å². The lowest BCUT2D eigenvalue weighted by atomic mass is 9.12. The second kappa shape index (κ2) is 27.2. The lowest BCUT2D eigenvalue weighted by Crippen LogP contribution is -2.81. The molecule has 0 aliphatic heterocycles. The smallest absolute Gasteiger partial charge is 0.200 e. The van der Waals surface area contributed by atoms with E-state index in [-0.39, 0.29) is 0 Å². The van der Waals surface area contributed by atoms with Gasteiger partial charge in [0.05, 0.1) is 12.4 Å². The van der Waals surface area contributed by atoms with Crippen molar-refractivity contribution in [1.82, 2.24) is 4.98 Å². The Kier molecular flexibility index (Phi) is 21.8. The van der Waals surface area contributed by atoms with E-state index in [9.17, 15) is 52.7 Å². The summed E-state index contributed by atoms with van der Waals surface area (Å²) in [5.74, 6) is -71.4. The van der Waals surface area contributed by atoms with Gasteiger partial charge in [-0.1, -0.05) is 134 Å². The molecule has 0 saturated heterocycles. The lowest BCUT2D eigenvalue weighted by molar-refractivity contribution is -0.696.